The van der Waals surface area contributed by atoms with E-state index in [2.05, 4.69) is 15.6 Å². The Morgan fingerprint density at radius 1 is 1.33 bits per heavy atom. The van der Waals surface area contributed by atoms with Crippen LogP contribution in [0.15, 0.2) is 43.0 Å². The predicted molar refractivity (Wildman–Crippen MR) is 102 cm³/mol. The molecule has 1 aliphatic rings. The smallest absolute Gasteiger partial charge is 0.315 e. The minimum Gasteiger partial charge on any atom is -0.494 e. The van der Waals surface area contributed by atoms with Gasteiger partial charge in [0.25, 0.3) is 0 Å². The third-order valence-electron chi connectivity index (χ3n) is 4.36. The van der Waals surface area contributed by atoms with Crippen LogP contribution in [0.25, 0.3) is 0 Å². The maximum atomic E-state index is 12.3. The number of hydrogen-bond donors (Lipinski definition) is 2. The lowest BCUT2D eigenvalue weighted by Gasteiger charge is -2.18. The van der Waals surface area contributed by atoms with E-state index in [1.807, 2.05) is 42.0 Å². The topological polar surface area (TPSA) is 88.5 Å². The molecule has 0 radical (unpaired) electrons. The van der Waals surface area contributed by atoms with E-state index in [4.69, 9.17) is 4.74 Å². The highest BCUT2D eigenvalue weighted by molar-refractivity contribution is 5.96. The molecule has 144 valence electrons. The fourth-order valence-electron chi connectivity index (χ4n) is 3.06. The first-order chi connectivity index (χ1) is 13.2. The Morgan fingerprint density at radius 3 is 2.85 bits per heavy atom. The average Bonchev–Trinajstić information content (AvgIpc) is 3.29. The van der Waals surface area contributed by atoms with E-state index in [1.54, 1.807) is 17.4 Å². The van der Waals surface area contributed by atoms with Crippen molar-refractivity contribution in [1.82, 2.24) is 20.2 Å². The normalized spacial score (nSPS) is 16.4. The lowest BCUT2D eigenvalue weighted by molar-refractivity contribution is -0.117. The number of anilines is 1. The molecule has 1 aliphatic heterocycles. The van der Waals surface area contributed by atoms with Gasteiger partial charge in [-0.1, -0.05) is 0 Å². The van der Waals surface area contributed by atoms with Crippen LogP contribution < -0.4 is 20.3 Å². The Balaban J connectivity index is 1.42. The molecular formula is C19H25N5O3. The van der Waals surface area contributed by atoms with Gasteiger partial charge in [0.2, 0.25) is 5.91 Å². The van der Waals surface area contributed by atoms with Crippen molar-refractivity contribution < 1.29 is 14.3 Å². The molecule has 0 aliphatic carbocycles. The quantitative estimate of drug-likeness (QED) is 0.693. The predicted octanol–water partition coefficient (Wildman–Crippen LogP) is 1.78. The standard InChI is InChI=1S/C19H25N5O3/c1-2-27-17-6-4-16(5-7-17)24-13-15(12-18(24)25)22-19(26)21-8-3-10-23-11-9-20-14-23/h4-7,9,11,14-15H,2-3,8,10,12-13H2,1H3,(H2,21,22,26). The molecule has 8 nitrogen and oxygen atoms in total. The Labute approximate surface area is 158 Å². The van der Waals surface area contributed by atoms with E-state index >= 15 is 0 Å². The van der Waals surface area contributed by atoms with E-state index in [9.17, 15) is 9.59 Å². The second-order valence-electron chi connectivity index (χ2n) is 6.39. The van der Waals surface area contributed by atoms with E-state index in [0.717, 1.165) is 24.4 Å². The van der Waals surface area contributed by atoms with E-state index in [-0.39, 0.29) is 18.0 Å². The number of benzene rings is 1. The van der Waals surface area contributed by atoms with Gasteiger partial charge in [-0.15, -0.1) is 0 Å². The first-order valence-electron chi connectivity index (χ1n) is 9.19. The van der Waals surface area contributed by atoms with Crippen LogP contribution in [0.1, 0.15) is 19.8 Å². The van der Waals surface area contributed by atoms with Gasteiger partial charge < -0.3 is 24.8 Å². The van der Waals surface area contributed by atoms with Gasteiger partial charge >= 0.3 is 6.03 Å². The molecule has 0 bridgehead atoms. The molecular weight excluding hydrogens is 346 g/mol. The van der Waals surface area contributed by atoms with E-state index in [1.165, 1.54) is 0 Å². The number of urea groups is 1. The van der Waals surface area contributed by atoms with Gasteiger partial charge in [0, 0.05) is 44.1 Å². The molecule has 2 heterocycles. The third kappa shape index (κ3) is 5.22. The summed E-state index contributed by atoms with van der Waals surface area (Å²) in [6, 6.07) is 6.98. The number of ether oxygens (including phenoxy) is 1. The van der Waals surface area contributed by atoms with Gasteiger partial charge in [0.15, 0.2) is 0 Å². The van der Waals surface area contributed by atoms with Crippen molar-refractivity contribution >= 4 is 17.6 Å². The number of nitrogens with one attached hydrogen (secondary N) is 2. The van der Waals surface area contributed by atoms with E-state index < -0.39 is 0 Å². The average molecular weight is 371 g/mol. The van der Waals surface area contributed by atoms with Gasteiger partial charge in [-0.05, 0) is 37.6 Å². The zero-order chi connectivity index (χ0) is 19.1. The fourth-order valence-corrected chi connectivity index (χ4v) is 3.06. The first-order valence-corrected chi connectivity index (χ1v) is 9.19. The summed E-state index contributed by atoms with van der Waals surface area (Å²) in [4.78, 5) is 30.0. The van der Waals surface area contributed by atoms with Crippen molar-refractivity contribution in [2.24, 2.45) is 0 Å². The highest BCUT2D eigenvalue weighted by Crippen LogP contribution is 2.24. The lowest BCUT2D eigenvalue weighted by atomic mass is 10.2. The molecule has 3 rings (SSSR count). The number of rotatable bonds is 8. The molecule has 1 unspecified atom stereocenters. The zero-order valence-electron chi connectivity index (χ0n) is 15.4. The number of aromatic nitrogens is 2. The summed E-state index contributed by atoms with van der Waals surface area (Å²) in [6.45, 7) is 4.36. The zero-order valence-corrected chi connectivity index (χ0v) is 15.4. The third-order valence-corrected chi connectivity index (χ3v) is 4.36. The molecule has 3 amide bonds. The van der Waals surface area contributed by atoms with Crippen LogP contribution in [0.5, 0.6) is 5.75 Å². The molecule has 0 saturated carbocycles. The summed E-state index contributed by atoms with van der Waals surface area (Å²) < 4.78 is 7.38. The molecule has 1 saturated heterocycles. The summed E-state index contributed by atoms with van der Waals surface area (Å²) in [5, 5.41) is 5.71. The highest BCUT2D eigenvalue weighted by Gasteiger charge is 2.31. The Bertz CT molecular complexity index is 745. The van der Waals surface area contributed by atoms with Crippen LogP contribution >= 0.6 is 0 Å². The van der Waals surface area contributed by atoms with Gasteiger partial charge in [-0.25, -0.2) is 9.78 Å². The monoisotopic (exact) mass is 371 g/mol. The van der Waals surface area contributed by atoms with Crippen molar-refractivity contribution in [3.63, 3.8) is 0 Å². The minimum atomic E-state index is -0.244. The highest BCUT2D eigenvalue weighted by atomic mass is 16.5. The van der Waals surface area contributed by atoms with Crippen LogP contribution in [0.2, 0.25) is 0 Å². The molecule has 1 fully saturated rings. The maximum absolute atomic E-state index is 12.3. The maximum Gasteiger partial charge on any atom is 0.315 e. The summed E-state index contributed by atoms with van der Waals surface area (Å²) in [7, 11) is 0. The Kier molecular flexibility index (Phi) is 6.30. The minimum absolute atomic E-state index is 0.00423. The van der Waals surface area contributed by atoms with Crippen LogP contribution in [0.4, 0.5) is 10.5 Å². The summed E-state index contributed by atoms with van der Waals surface area (Å²) >= 11 is 0. The molecule has 2 N–H and O–H groups in total. The van der Waals surface area contributed by atoms with Crippen molar-refractivity contribution in [3.05, 3.63) is 43.0 Å². The van der Waals surface area contributed by atoms with Crippen molar-refractivity contribution in [2.45, 2.75) is 32.4 Å². The van der Waals surface area contributed by atoms with Crippen molar-refractivity contribution in [1.29, 1.82) is 0 Å². The Morgan fingerprint density at radius 2 is 2.15 bits per heavy atom. The second-order valence-corrected chi connectivity index (χ2v) is 6.39. The number of carbonyl (C=O) groups excluding carboxylic acids is 2. The molecule has 27 heavy (non-hydrogen) atoms. The number of amides is 3. The summed E-state index contributed by atoms with van der Waals surface area (Å²) in [5.74, 6) is 0.780. The lowest BCUT2D eigenvalue weighted by Crippen LogP contribution is -2.43. The number of carbonyl (C=O) groups is 2. The van der Waals surface area contributed by atoms with E-state index in [0.29, 0.717) is 26.1 Å². The molecule has 1 aromatic carbocycles. The van der Waals surface area contributed by atoms with Crippen LogP contribution in [-0.2, 0) is 11.3 Å². The number of aryl methyl sites for hydroxylation is 1. The van der Waals surface area contributed by atoms with Crippen LogP contribution in [-0.4, -0.2) is 47.2 Å². The molecule has 1 atom stereocenters. The Hall–Kier alpha value is -3.03. The van der Waals surface area contributed by atoms with Gasteiger partial charge in [-0.3, -0.25) is 4.79 Å². The summed E-state index contributed by atoms with van der Waals surface area (Å²) in [6.07, 6.45) is 6.48. The van der Waals surface area contributed by atoms with Gasteiger partial charge in [0.1, 0.15) is 5.75 Å². The number of nitrogens with zero attached hydrogens (tertiary/aromatic N) is 3. The van der Waals surface area contributed by atoms with Crippen LogP contribution in [0, 0.1) is 0 Å². The number of imidazole rings is 1. The second kappa shape index (κ2) is 9.07. The fraction of sp³-hybridized carbons (Fsp3) is 0.421. The molecule has 0 spiro atoms. The molecule has 8 heteroatoms. The van der Waals surface area contributed by atoms with Gasteiger partial charge in [-0.2, -0.15) is 0 Å². The van der Waals surface area contributed by atoms with Crippen molar-refractivity contribution in [3.8, 4) is 5.75 Å². The molecule has 2 aromatic rings. The molecule has 1 aromatic heterocycles. The summed E-state index contributed by atoms with van der Waals surface area (Å²) in [5.41, 5.74) is 0.813. The SMILES string of the molecule is CCOc1ccc(N2CC(NC(=O)NCCCn3ccnc3)CC2=O)cc1. The first kappa shape index (κ1) is 18.8. The number of hydrogen-bond acceptors (Lipinski definition) is 4. The largest absolute Gasteiger partial charge is 0.494 e. The van der Waals surface area contributed by atoms with Gasteiger partial charge in [0.05, 0.1) is 19.0 Å². The van der Waals surface area contributed by atoms with Crippen molar-refractivity contribution in [2.75, 3.05) is 24.6 Å². The van der Waals surface area contributed by atoms with Crippen LogP contribution in [0.3, 0.4) is 0 Å².